The van der Waals surface area contributed by atoms with Crippen LogP contribution in [0.1, 0.15) is 55.6 Å². The van der Waals surface area contributed by atoms with Crippen LogP contribution in [0.4, 0.5) is 0 Å². The van der Waals surface area contributed by atoms with Crippen molar-refractivity contribution in [1.82, 2.24) is 0 Å². The standard InChI is InChI=1S/C24H26/c1-15-13-19-7-5-9-23(19)17(3)21(15)11-12-22-16(2)14-20-8-6-10-24(20)18(22)4/h5-6,9-10,13-14H,7-8,11-12H2,1-4H3. The molecule has 0 bridgehead atoms. The molecular formula is C24H26. The fourth-order valence-electron chi connectivity index (χ4n) is 4.68. The van der Waals surface area contributed by atoms with Crippen LogP contribution in [-0.2, 0) is 25.7 Å². The van der Waals surface area contributed by atoms with Crippen molar-refractivity contribution >= 4 is 12.2 Å². The fraction of sp³-hybridized carbons (Fsp3) is 0.333. The first-order valence-corrected chi connectivity index (χ1v) is 9.13. The molecule has 0 nitrogen and oxygen atoms in total. The van der Waals surface area contributed by atoms with Crippen molar-refractivity contribution < 1.29 is 0 Å². The number of hydrogen-bond acceptors (Lipinski definition) is 0. The summed E-state index contributed by atoms with van der Waals surface area (Å²) in [7, 11) is 0. The molecular weight excluding hydrogens is 288 g/mol. The Bertz CT molecular complexity index is 816. The maximum atomic E-state index is 2.41. The fourth-order valence-corrected chi connectivity index (χ4v) is 4.68. The minimum Gasteiger partial charge on any atom is -0.0795 e. The van der Waals surface area contributed by atoms with Crippen LogP contribution in [0.3, 0.4) is 0 Å². The van der Waals surface area contributed by atoms with Gasteiger partial charge in [0.15, 0.2) is 0 Å². The number of hydrogen-bond donors (Lipinski definition) is 0. The molecule has 0 fully saturated rings. The highest BCUT2D eigenvalue weighted by molar-refractivity contribution is 5.67. The van der Waals surface area contributed by atoms with Crippen molar-refractivity contribution in [3.05, 3.63) is 79.9 Å². The van der Waals surface area contributed by atoms with Crippen LogP contribution in [0.25, 0.3) is 12.2 Å². The van der Waals surface area contributed by atoms with E-state index in [2.05, 4.69) is 64.1 Å². The second-order valence-electron chi connectivity index (χ2n) is 7.45. The van der Waals surface area contributed by atoms with E-state index >= 15 is 0 Å². The zero-order valence-corrected chi connectivity index (χ0v) is 15.3. The predicted molar refractivity (Wildman–Crippen MR) is 105 cm³/mol. The summed E-state index contributed by atoms with van der Waals surface area (Å²) < 4.78 is 0. The molecule has 0 heteroatoms. The summed E-state index contributed by atoms with van der Waals surface area (Å²) >= 11 is 0. The van der Waals surface area contributed by atoms with Crippen molar-refractivity contribution in [1.29, 1.82) is 0 Å². The second-order valence-corrected chi connectivity index (χ2v) is 7.45. The van der Waals surface area contributed by atoms with Gasteiger partial charge in [0.25, 0.3) is 0 Å². The minimum atomic E-state index is 1.10. The van der Waals surface area contributed by atoms with Gasteiger partial charge >= 0.3 is 0 Å². The largest absolute Gasteiger partial charge is 0.0795 e. The van der Waals surface area contributed by atoms with Crippen molar-refractivity contribution in [2.75, 3.05) is 0 Å². The van der Waals surface area contributed by atoms with Gasteiger partial charge in [-0.15, -0.1) is 0 Å². The molecule has 2 aromatic rings. The Morgan fingerprint density at radius 2 is 1.08 bits per heavy atom. The molecule has 0 heterocycles. The molecule has 0 aromatic heterocycles. The molecule has 0 unspecified atom stereocenters. The van der Waals surface area contributed by atoms with Crippen LogP contribution >= 0.6 is 0 Å². The van der Waals surface area contributed by atoms with Crippen LogP contribution in [0.5, 0.6) is 0 Å². The average molecular weight is 314 g/mol. The average Bonchev–Trinajstić information content (AvgIpc) is 3.18. The summed E-state index contributed by atoms with van der Waals surface area (Å²) in [5.74, 6) is 0. The van der Waals surface area contributed by atoms with Gasteiger partial charge in [-0.25, -0.2) is 0 Å². The molecule has 0 N–H and O–H groups in total. The number of aryl methyl sites for hydroxylation is 2. The van der Waals surface area contributed by atoms with E-state index in [1.807, 2.05) is 0 Å². The van der Waals surface area contributed by atoms with Crippen molar-refractivity contribution in [3.8, 4) is 0 Å². The van der Waals surface area contributed by atoms with E-state index in [4.69, 9.17) is 0 Å². The first-order valence-electron chi connectivity index (χ1n) is 9.13. The Morgan fingerprint density at radius 3 is 1.50 bits per heavy atom. The first-order chi connectivity index (χ1) is 11.6. The summed E-state index contributed by atoms with van der Waals surface area (Å²) in [6, 6.07) is 4.81. The Balaban J connectivity index is 1.67. The van der Waals surface area contributed by atoms with Crippen LogP contribution in [0.2, 0.25) is 0 Å². The zero-order chi connectivity index (χ0) is 16.8. The van der Waals surface area contributed by atoms with Gasteiger partial charge in [0.05, 0.1) is 0 Å². The molecule has 0 saturated carbocycles. The monoisotopic (exact) mass is 314 g/mol. The molecule has 0 aliphatic heterocycles. The molecule has 0 radical (unpaired) electrons. The van der Waals surface area contributed by atoms with E-state index in [9.17, 15) is 0 Å². The lowest BCUT2D eigenvalue weighted by atomic mass is 9.87. The lowest BCUT2D eigenvalue weighted by molar-refractivity contribution is 0.913. The van der Waals surface area contributed by atoms with Gasteiger partial charge in [-0.1, -0.05) is 36.4 Å². The molecule has 0 amide bonds. The molecule has 0 atom stereocenters. The van der Waals surface area contributed by atoms with Crippen LogP contribution in [0.15, 0.2) is 24.3 Å². The second kappa shape index (κ2) is 5.77. The highest BCUT2D eigenvalue weighted by Gasteiger charge is 2.17. The minimum absolute atomic E-state index is 1.10. The van der Waals surface area contributed by atoms with Gasteiger partial charge in [0.1, 0.15) is 0 Å². The Morgan fingerprint density at radius 1 is 0.667 bits per heavy atom. The van der Waals surface area contributed by atoms with E-state index < -0.39 is 0 Å². The van der Waals surface area contributed by atoms with Gasteiger partial charge < -0.3 is 0 Å². The topological polar surface area (TPSA) is 0 Å². The highest BCUT2D eigenvalue weighted by Crippen LogP contribution is 2.32. The van der Waals surface area contributed by atoms with E-state index in [0.717, 1.165) is 25.7 Å². The summed E-state index contributed by atoms with van der Waals surface area (Å²) in [4.78, 5) is 0. The number of benzene rings is 2. The number of fused-ring (bicyclic) bond motifs is 2. The SMILES string of the molecule is Cc1cc2c(c(C)c1CCc1c(C)cc3c(c1C)C=CC3)C=CC2. The molecule has 2 aromatic carbocycles. The van der Waals surface area contributed by atoms with E-state index in [0.29, 0.717) is 0 Å². The summed E-state index contributed by atoms with van der Waals surface area (Å²) in [6.45, 7) is 9.18. The smallest absolute Gasteiger partial charge is 0.00880 e. The molecule has 0 saturated heterocycles. The molecule has 0 spiro atoms. The highest BCUT2D eigenvalue weighted by atomic mass is 14.2. The van der Waals surface area contributed by atoms with Crippen molar-refractivity contribution in [2.24, 2.45) is 0 Å². The summed E-state index contributed by atoms with van der Waals surface area (Å²) in [5.41, 5.74) is 15.0. The van der Waals surface area contributed by atoms with Crippen LogP contribution in [-0.4, -0.2) is 0 Å². The number of allylic oxidation sites excluding steroid dienone is 2. The van der Waals surface area contributed by atoms with Gasteiger partial charge in [-0.05, 0) is 109 Å². The summed E-state index contributed by atoms with van der Waals surface area (Å²) in [5, 5.41) is 0. The van der Waals surface area contributed by atoms with Crippen molar-refractivity contribution in [2.45, 2.75) is 53.4 Å². The zero-order valence-electron chi connectivity index (χ0n) is 15.3. The molecule has 2 aliphatic rings. The van der Waals surface area contributed by atoms with E-state index in [-0.39, 0.29) is 0 Å². The third-order valence-corrected chi connectivity index (χ3v) is 6.01. The molecule has 24 heavy (non-hydrogen) atoms. The van der Waals surface area contributed by atoms with Gasteiger partial charge in [-0.3, -0.25) is 0 Å². The van der Waals surface area contributed by atoms with E-state index in [1.54, 1.807) is 11.1 Å². The molecule has 122 valence electrons. The maximum absolute atomic E-state index is 2.41. The van der Waals surface area contributed by atoms with E-state index in [1.165, 1.54) is 44.5 Å². The normalized spacial score (nSPS) is 14.3. The van der Waals surface area contributed by atoms with Crippen molar-refractivity contribution in [3.63, 3.8) is 0 Å². The predicted octanol–water partition coefficient (Wildman–Crippen LogP) is 5.84. The van der Waals surface area contributed by atoms with Gasteiger partial charge in [0.2, 0.25) is 0 Å². The maximum Gasteiger partial charge on any atom is -0.00880 e. The first kappa shape index (κ1) is 15.4. The van der Waals surface area contributed by atoms with Gasteiger partial charge in [-0.2, -0.15) is 0 Å². The Kier molecular flexibility index (Phi) is 3.72. The lowest BCUT2D eigenvalue weighted by Gasteiger charge is -2.18. The lowest BCUT2D eigenvalue weighted by Crippen LogP contribution is -2.05. The van der Waals surface area contributed by atoms with Crippen LogP contribution in [0, 0.1) is 27.7 Å². The number of rotatable bonds is 3. The summed E-state index contributed by atoms with van der Waals surface area (Å²) in [6.07, 6.45) is 13.7. The van der Waals surface area contributed by atoms with Crippen LogP contribution < -0.4 is 0 Å². The van der Waals surface area contributed by atoms with Gasteiger partial charge in [0, 0.05) is 0 Å². The third kappa shape index (κ3) is 2.36. The Hall–Kier alpha value is -2.08. The Labute approximate surface area is 145 Å². The third-order valence-electron chi connectivity index (χ3n) is 6.01. The quantitative estimate of drug-likeness (QED) is 0.667. The molecule has 2 aliphatic carbocycles. The molecule has 4 rings (SSSR count).